The number of ether oxygens (including phenoxy) is 1. The number of halogens is 24. The zero-order valence-corrected chi connectivity index (χ0v) is 72.0. The Balaban J connectivity index is 0.000000249. The van der Waals surface area contributed by atoms with E-state index in [1.54, 1.807) is 5.56 Å². The SMILES string of the molecule is CC(C)C[C@H]1COC(c2cccc3c2[C@@]2(CC3)CCc3cccc(P(c4cc(C(C)(C)C)cc(C(C)(C)C)c4)c4cc(C(C)(C)C)cc(C(C)(C)C)c4)c32)=N1.FC(F)(F)c1cc([B-](c2cc(C(F)(F)F)cc(C(F)(F)F)c2)(c2cc(C(F)(F)F)cc(C(F)(F)F)c2)c2cc(C(F)(F)F)cc(C(F)(F)F)c2)cc(C(F)(F)F)c1.[CH]1[CH]CC[CH][CH]CC1.[Ir]. The first-order chi connectivity index (χ1) is 54.8. The maximum atomic E-state index is 14.2. The van der Waals surface area contributed by atoms with Gasteiger partial charge in [0.2, 0.25) is 5.90 Å². The third-order valence-electron chi connectivity index (χ3n) is 22.4. The van der Waals surface area contributed by atoms with E-state index in [1.807, 2.05) is 0 Å². The molecule has 0 amide bonds. The molecule has 1 heterocycles. The summed E-state index contributed by atoms with van der Waals surface area (Å²) < 4.78 is 347. The molecule has 0 N–H and O–H groups in total. The molecule has 8 aromatic carbocycles. The van der Waals surface area contributed by atoms with Gasteiger partial charge in [-0.3, -0.25) is 0 Å². The number of benzene rings is 8. The molecule has 3 aliphatic carbocycles. The monoisotopic (exact) mass is 1920 g/mol. The third kappa shape index (κ3) is 22.1. The fraction of sp³-hybridized carbons (Fsp3) is 0.424. The summed E-state index contributed by atoms with van der Waals surface area (Å²) in [6, 6.07) is 21.1. The van der Waals surface area contributed by atoms with Crippen molar-refractivity contribution in [3.63, 3.8) is 0 Å². The van der Waals surface area contributed by atoms with Crippen LogP contribution in [0.15, 0.2) is 151 Å². The van der Waals surface area contributed by atoms with Gasteiger partial charge < -0.3 is 4.74 Å². The summed E-state index contributed by atoms with van der Waals surface area (Å²) in [6.45, 7) is 33.8. The summed E-state index contributed by atoms with van der Waals surface area (Å²) in [7, 11) is -0.932. The quantitative estimate of drug-likeness (QED) is 0.0760. The van der Waals surface area contributed by atoms with Crippen molar-refractivity contribution in [2.45, 2.75) is 237 Å². The Labute approximate surface area is 704 Å². The fourth-order valence-corrected chi connectivity index (χ4v) is 19.1. The number of hydrogen-bond acceptors (Lipinski definition) is 2. The minimum absolute atomic E-state index is 0. The molecule has 0 unspecified atom stereocenters. The second-order valence-corrected chi connectivity index (χ2v) is 38.1. The predicted molar refractivity (Wildman–Crippen MR) is 425 cm³/mol. The van der Waals surface area contributed by atoms with Crippen LogP contribution in [0.25, 0.3) is 0 Å². The summed E-state index contributed by atoms with van der Waals surface area (Å²) in [6.07, 6.45) is -35.3. The molecular weight excluding hydrogens is 1820 g/mol. The van der Waals surface area contributed by atoms with Gasteiger partial charge in [-0.15, -0.1) is 0 Å². The van der Waals surface area contributed by atoms with Gasteiger partial charge in [-0.2, -0.15) is 127 Å². The molecule has 1 fully saturated rings. The van der Waals surface area contributed by atoms with Crippen LogP contribution in [0.5, 0.6) is 0 Å². The first kappa shape index (κ1) is 97.5. The van der Waals surface area contributed by atoms with Crippen molar-refractivity contribution in [2.75, 3.05) is 6.61 Å². The molecule has 12 rings (SSSR count). The van der Waals surface area contributed by atoms with Crippen LogP contribution in [0.4, 0.5) is 105 Å². The number of hydrogen-bond donors (Lipinski definition) is 0. The van der Waals surface area contributed by atoms with Crippen LogP contribution >= 0.6 is 7.92 Å². The van der Waals surface area contributed by atoms with Gasteiger partial charge in [0.1, 0.15) is 12.8 Å². The minimum atomic E-state index is -6.13. The average Bonchev–Trinajstić information content (AvgIpc) is 1.70. The summed E-state index contributed by atoms with van der Waals surface area (Å²) in [5.41, 5.74) is -17.1. The minimum Gasteiger partial charge on any atom is -0.475 e. The van der Waals surface area contributed by atoms with Gasteiger partial charge in [0.05, 0.1) is 50.5 Å². The molecule has 1 aliphatic heterocycles. The molecule has 0 saturated heterocycles. The molecule has 2 atom stereocenters. The Bertz CT molecular complexity index is 4460. The normalized spacial score (nSPS) is 17.4. The Morgan fingerprint density at radius 3 is 0.893 bits per heavy atom. The maximum absolute atomic E-state index is 14.2. The van der Waals surface area contributed by atoms with Gasteiger partial charge in [0.15, 0.2) is 0 Å². The maximum Gasteiger partial charge on any atom is 0.416 e. The molecular formula is C92H92BF24IrNOP-. The zero-order chi connectivity index (χ0) is 89.5. The van der Waals surface area contributed by atoms with Crippen LogP contribution in [0, 0.1) is 31.6 Å². The second kappa shape index (κ2) is 34.9. The fourth-order valence-electron chi connectivity index (χ4n) is 16.3. The van der Waals surface area contributed by atoms with Crippen molar-refractivity contribution >= 4 is 57.7 Å². The van der Waals surface area contributed by atoms with Crippen LogP contribution in [-0.4, -0.2) is 24.7 Å². The van der Waals surface area contributed by atoms with E-state index in [0.29, 0.717) is 12.5 Å². The van der Waals surface area contributed by atoms with E-state index < -0.39 is 203 Å². The summed E-state index contributed by atoms with van der Waals surface area (Å²) in [5.74, 6) is 1.47. The van der Waals surface area contributed by atoms with E-state index in [4.69, 9.17) is 9.73 Å². The summed E-state index contributed by atoms with van der Waals surface area (Å²) >= 11 is 0. The number of aliphatic imine (C=N–C) groups is 1. The number of nitrogens with zero attached hydrogens (tertiary/aromatic N) is 1. The Hall–Kier alpha value is -7.31. The zero-order valence-electron chi connectivity index (χ0n) is 68.7. The van der Waals surface area contributed by atoms with Crippen molar-refractivity contribution in [2.24, 2.45) is 10.9 Å². The van der Waals surface area contributed by atoms with Gasteiger partial charge in [0, 0.05) is 31.1 Å². The molecule has 5 radical (unpaired) electrons. The standard InChI is InChI=1S/C52H68NOP.C32H12BF24.C8H12.Ir/c1-33(2)25-40-32-54-47(53-40)43-19-15-17-34-21-23-52(45(34)43)24-22-35-18-16-20-44(46(35)52)55(41-28-36(48(3,4)5)26-37(29-41)49(6,7)8)42-30-38(50(9,10)11)27-39(31-42)51(12,13)14;34-25(35,36)13-1-14(26(37,38)39)6-21(5-13)33(22-7-15(27(40,41)42)2-16(8-22)28(43,44)45,23-9-17(29(46,47)48)3-18(10-23)30(49,50)51)24-11-19(31(52,53)54)4-20(12-24)32(55,56)57;1-2-4-6-8-7-5-3-1;/h15-20,26-31,33,40H,21-25,32H2,1-14H3;1-12H;1-2,7-8H,3-6H2;/q;-1;;/t40-,52+;;;/m0.../s1. The van der Waals surface area contributed by atoms with Crippen molar-refractivity contribution in [1.29, 1.82) is 0 Å². The predicted octanol–water partition coefficient (Wildman–Crippen LogP) is 25.6. The van der Waals surface area contributed by atoms with Gasteiger partial charge in [-0.05, 0) is 210 Å². The van der Waals surface area contributed by atoms with Gasteiger partial charge in [-0.25, -0.2) is 4.99 Å². The van der Waals surface area contributed by atoms with Gasteiger partial charge in [-0.1, -0.05) is 212 Å². The van der Waals surface area contributed by atoms with Crippen LogP contribution in [0.1, 0.15) is 236 Å². The van der Waals surface area contributed by atoms with Crippen molar-refractivity contribution in [3.05, 3.63) is 266 Å². The van der Waals surface area contributed by atoms with Crippen LogP contribution < -0.4 is 37.8 Å². The summed E-state index contributed by atoms with van der Waals surface area (Å²) in [5, 5.41) is 4.48. The Morgan fingerprint density at radius 1 is 0.364 bits per heavy atom. The first-order valence-corrected chi connectivity index (χ1v) is 40.4. The molecule has 2 nitrogen and oxygen atoms in total. The molecule has 121 heavy (non-hydrogen) atoms. The summed E-state index contributed by atoms with van der Waals surface area (Å²) in [4.78, 5) is 5.27. The van der Waals surface area contributed by atoms with Crippen molar-refractivity contribution < 1.29 is 130 Å². The Kier molecular flexibility index (Phi) is 28.1. The second-order valence-electron chi connectivity index (χ2n) is 36.0. The Morgan fingerprint density at radius 2 is 0.628 bits per heavy atom. The van der Waals surface area contributed by atoms with Crippen LogP contribution in [0.3, 0.4) is 0 Å². The van der Waals surface area contributed by atoms with Crippen LogP contribution in [-0.2, 0) is 114 Å². The molecule has 0 aromatic heterocycles. The molecule has 0 bridgehead atoms. The van der Waals surface area contributed by atoms with Crippen LogP contribution in [0.2, 0.25) is 0 Å². The van der Waals surface area contributed by atoms with E-state index in [9.17, 15) is 105 Å². The van der Waals surface area contributed by atoms with E-state index in [-0.39, 0.29) is 53.2 Å². The number of fused-ring (bicyclic) bond motifs is 4. The van der Waals surface area contributed by atoms with E-state index in [1.165, 1.54) is 86.1 Å². The van der Waals surface area contributed by atoms with Gasteiger partial charge >= 0.3 is 49.4 Å². The number of aryl methyl sites for hydroxylation is 2. The van der Waals surface area contributed by atoms with Crippen molar-refractivity contribution in [1.82, 2.24) is 0 Å². The molecule has 657 valence electrons. The largest absolute Gasteiger partial charge is 0.475 e. The molecule has 4 aliphatic rings. The van der Waals surface area contributed by atoms with E-state index in [0.717, 1.165) is 38.0 Å². The molecule has 1 saturated carbocycles. The first-order valence-electron chi connectivity index (χ1n) is 39.1. The van der Waals surface area contributed by atoms with E-state index >= 15 is 0 Å². The number of alkyl halides is 24. The number of rotatable bonds is 10. The molecule has 8 aromatic rings. The molecule has 29 heteroatoms. The third-order valence-corrected chi connectivity index (χ3v) is 24.8. The van der Waals surface area contributed by atoms with Crippen molar-refractivity contribution in [3.8, 4) is 0 Å². The topological polar surface area (TPSA) is 21.6 Å². The van der Waals surface area contributed by atoms with E-state index in [2.05, 4.69) is 195 Å². The van der Waals surface area contributed by atoms with Gasteiger partial charge in [0.25, 0.3) is 0 Å². The molecule has 1 spiro atoms. The smallest absolute Gasteiger partial charge is 0.416 e. The average molecular weight is 1920 g/mol.